The van der Waals surface area contributed by atoms with Crippen LogP contribution < -0.4 is 5.73 Å². The molecule has 0 spiro atoms. The van der Waals surface area contributed by atoms with Crippen LogP contribution in [-0.4, -0.2) is 46.1 Å². The van der Waals surface area contributed by atoms with E-state index >= 15 is 0 Å². The normalized spacial score (nSPS) is 22.3. The van der Waals surface area contributed by atoms with Crippen molar-refractivity contribution in [2.45, 2.75) is 25.0 Å². The number of nitrogens with two attached hydrogens (primary N) is 1. The van der Waals surface area contributed by atoms with Crippen LogP contribution in [0.25, 0.3) is 5.57 Å². The van der Waals surface area contributed by atoms with E-state index in [1.807, 2.05) is 18.2 Å². The molecule has 3 rings (SSSR count). The second kappa shape index (κ2) is 5.97. The summed E-state index contributed by atoms with van der Waals surface area (Å²) in [6.07, 6.45) is 6.42. The number of hydrogen-bond acceptors (Lipinski definition) is 5. The van der Waals surface area contributed by atoms with Crippen molar-refractivity contribution in [3.05, 3.63) is 29.9 Å². The zero-order valence-corrected chi connectivity index (χ0v) is 13.4. The summed E-state index contributed by atoms with van der Waals surface area (Å²) in [5.41, 5.74) is 1.03. The number of halogens is 3. The van der Waals surface area contributed by atoms with Gasteiger partial charge >= 0.3 is 15.5 Å². The van der Waals surface area contributed by atoms with Gasteiger partial charge in [-0.25, -0.2) is 18.1 Å². The van der Waals surface area contributed by atoms with Gasteiger partial charge in [-0.3, -0.25) is 0 Å². The number of nitrogens with zero attached hydrogens (tertiary/aromatic N) is 4. The molecule has 24 heavy (non-hydrogen) atoms. The molecule has 2 aliphatic rings. The Bertz CT molecular complexity index is 797. The predicted octanol–water partition coefficient (Wildman–Crippen LogP) is 0.861. The van der Waals surface area contributed by atoms with E-state index in [9.17, 15) is 21.6 Å². The molecule has 11 heteroatoms. The Kier molecular flexibility index (Phi) is 4.26. The van der Waals surface area contributed by atoms with Gasteiger partial charge < -0.3 is 5.73 Å². The Labute approximate surface area is 136 Å². The van der Waals surface area contributed by atoms with Crippen molar-refractivity contribution in [3.63, 3.8) is 0 Å². The molecule has 7 nitrogen and oxygen atoms in total. The average molecular weight is 363 g/mol. The number of allylic oxidation sites excluding steroid dienone is 3. The molecular weight excluding hydrogens is 347 g/mol. The number of rotatable bonds is 3. The highest BCUT2D eigenvalue weighted by molar-refractivity contribution is 7.89. The van der Waals surface area contributed by atoms with Gasteiger partial charge in [0.1, 0.15) is 5.82 Å². The van der Waals surface area contributed by atoms with Crippen LogP contribution in [0.5, 0.6) is 0 Å². The van der Waals surface area contributed by atoms with E-state index < -0.39 is 22.1 Å². The number of fused-ring (bicyclic) bond motifs is 1. The van der Waals surface area contributed by atoms with Gasteiger partial charge in [-0.1, -0.05) is 18.2 Å². The lowest BCUT2D eigenvalue weighted by Crippen LogP contribution is -2.44. The van der Waals surface area contributed by atoms with Gasteiger partial charge in [-0.15, -0.1) is 0 Å². The predicted molar refractivity (Wildman–Crippen MR) is 79.7 cm³/mol. The molecule has 0 aromatic carbocycles. The molecule has 0 radical (unpaired) electrons. The largest absolute Gasteiger partial charge is 0.511 e. The first-order chi connectivity index (χ1) is 11.2. The molecule has 1 aromatic heterocycles. The highest BCUT2D eigenvalue weighted by Gasteiger charge is 2.50. The summed E-state index contributed by atoms with van der Waals surface area (Å²) < 4.78 is 62.8. The Hall–Kier alpha value is -1.72. The van der Waals surface area contributed by atoms with Crippen molar-refractivity contribution in [2.24, 2.45) is 11.7 Å². The zero-order valence-electron chi connectivity index (χ0n) is 12.6. The second-order valence-electron chi connectivity index (χ2n) is 5.61. The molecule has 1 aliphatic carbocycles. The summed E-state index contributed by atoms with van der Waals surface area (Å²) >= 11 is 0. The Morgan fingerprint density at radius 3 is 2.67 bits per heavy atom. The topological polar surface area (TPSA) is 94.1 Å². The molecule has 0 bridgehead atoms. The van der Waals surface area contributed by atoms with Gasteiger partial charge in [-0.2, -0.15) is 22.6 Å². The maximum absolute atomic E-state index is 12.7. The summed E-state index contributed by atoms with van der Waals surface area (Å²) in [7, 11) is -5.36. The molecule has 0 saturated heterocycles. The Morgan fingerprint density at radius 1 is 1.33 bits per heavy atom. The van der Waals surface area contributed by atoms with Crippen molar-refractivity contribution in [3.8, 4) is 0 Å². The highest BCUT2D eigenvalue weighted by atomic mass is 32.2. The minimum absolute atomic E-state index is 0.0278. The lowest BCUT2D eigenvalue weighted by atomic mass is 9.97. The molecule has 0 saturated carbocycles. The molecule has 0 fully saturated rings. The van der Waals surface area contributed by atoms with E-state index in [1.165, 1.54) is 4.68 Å². The molecule has 0 amide bonds. The number of aromatic nitrogens is 3. The average Bonchev–Trinajstić information content (AvgIpc) is 2.97. The molecule has 1 aliphatic heterocycles. The third-order valence-corrected chi connectivity index (χ3v) is 5.59. The van der Waals surface area contributed by atoms with Crippen LogP contribution in [0.4, 0.5) is 13.2 Å². The molecule has 1 unspecified atom stereocenters. The number of sulfonamides is 1. The standard InChI is InChI=1S/C13H16F3N5O2S/c14-13(15,16)24(22,23)20-5-6-21-11(8-20)18-12(19-21)10-3-1-9(7-17)2-4-10/h1,3-4,9H,2,5-8,17H2. The van der Waals surface area contributed by atoms with E-state index in [0.717, 1.165) is 12.0 Å². The SMILES string of the molecule is NCC1C=CC(c2nc3n(n2)CCN(S(=O)(=O)C(F)(F)F)C3)=CC1. The Balaban J connectivity index is 1.81. The van der Waals surface area contributed by atoms with Crippen LogP contribution in [0.1, 0.15) is 18.1 Å². The third-order valence-electron chi connectivity index (χ3n) is 4.01. The molecule has 2 N–H and O–H groups in total. The van der Waals surface area contributed by atoms with Crippen LogP contribution in [-0.2, 0) is 23.1 Å². The van der Waals surface area contributed by atoms with E-state index in [0.29, 0.717) is 16.7 Å². The first-order valence-corrected chi connectivity index (χ1v) is 8.75. The first kappa shape index (κ1) is 17.1. The van der Waals surface area contributed by atoms with Gasteiger partial charge in [0.05, 0.1) is 13.1 Å². The van der Waals surface area contributed by atoms with Crippen molar-refractivity contribution in [2.75, 3.05) is 13.1 Å². The molecule has 2 heterocycles. The van der Waals surface area contributed by atoms with Crippen molar-refractivity contribution >= 4 is 15.6 Å². The summed E-state index contributed by atoms with van der Waals surface area (Å²) in [6, 6.07) is 0. The summed E-state index contributed by atoms with van der Waals surface area (Å²) in [5.74, 6) is 0.820. The van der Waals surface area contributed by atoms with Crippen LogP contribution in [0, 0.1) is 5.92 Å². The summed E-state index contributed by atoms with van der Waals surface area (Å²) in [5, 5.41) is 4.26. The fourth-order valence-corrected chi connectivity index (χ4v) is 3.49. The van der Waals surface area contributed by atoms with Gasteiger partial charge in [-0.05, 0) is 18.9 Å². The number of alkyl halides is 3. The third kappa shape index (κ3) is 2.98. The molecule has 1 aromatic rings. The fraction of sp³-hybridized carbons (Fsp3) is 0.538. The van der Waals surface area contributed by atoms with Crippen LogP contribution in [0.15, 0.2) is 18.2 Å². The smallest absolute Gasteiger partial charge is 0.330 e. The van der Waals surface area contributed by atoms with Crippen molar-refractivity contribution < 1.29 is 21.6 Å². The van der Waals surface area contributed by atoms with Gasteiger partial charge in [0.25, 0.3) is 0 Å². The second-order valence-corrected chi connectivity index (χ2v) is 7.54. The van der Waals surface area contributed by atoms with E-state index in [1.54, 1.807) is 0 Å². The maximum Gasteiger partial charge on any atom is 0.511 e. The lowest BCUT2D eigenvalue weighted by molar-refractivity contribution is -0.0496. The van der Waals surface area contributed by atoms with Crippen molar-refractivity contribution in [1.29, 1.82) is 0 Å². The van der Waals surface area contributed by atoms with Crippen molar-refractivity contribution in [1.82, 2.24) is 19.1 Å². The van der Waals surface area contributed by atoms with Crippen LogP contribution in [0.3, 0.4) is 0 Å². The van der Waals surface area contributed by atoms with Gasteiger partial charge in [0.2, 0.25) is 0 Å². The molecule has 1 atom stereocenters. The monoisotopic (exact) mass is 363 g/mol. The first-order valence-electron chi connectivity index (χ1n) is 7.31. The highest BCUT2D eigenvalue weighted by Crippen LogP contribution is 2.30. The maximum atomic E-state index is 12.7. The zero-order chi connectivity index (χ0) is 17.5. The van der Waals surface area contributed by atoms with Crippen LogP contribution in [0.2, 0.25) is 0 Å². The molecular formula is C13H16F3N5O2S. The van der Waals surface area contributed by atoms with Gasteiger partial charge in [0, 0.05) is 12.1 Å². The lowest BCUT2D eigenvalue weighted by Gasteiger charge is -2.26. The number of hydrogen-bond donors (Lipinski definition) is 1. The minimum atomic E-state index is -5.36. The fourth-order valence-electron chi connectivity index (χ4n) is 2.59. The van der Waals surface area contributed by atoms with E-state index in [2.05, 4.69) is 10.1 Å². The van der Waals surface area contributed by atoms with Gasteiger partial charge in [0.15, 0.2) is 5.82 Å². The van der Waals surface area contributed by atoms with E-state index in [4.69, 9.17) is 5.73 Å². The summed E-state index contributed by atoms with van der Waals surface area (Å²) in [6.45, 7) is -0.184. The van der Waals surface area contributed by atoms with Crippen LogP contribution >= 0.6 is 0 Å². The summed E-state index contributed by atoms with van der Waals surface area (Å²) in [4.78, 5) is 4.20. The minimum Gasteiger partial charge on any atom is -0.330 e. The molecule has 132 valence electrons. The quantitative estimate of drug-likeness (QED) is 0.860. The van der Waals surface area contributed by atoms with E-state index in [-0.39, 0.29) is 24.8 Å². The Morgan fingerprint density at radius 2 is 2.08 bits per heavy atom.